The molecule has 0 aliphatic carbocycles. The maximum absolute atomic E-state index is 12.3. The van der Waals surface area contributed by atoms with Crippen molar-refractivity contribution in [3.63, 3.8) is 0 Å². The molecule has 0 saturated carbocycles. The SMILES string of the molecule is CC1CCCN(c2ccc(C(=O)OCC(=O)Nc3ccccc3[N+](=O)[O-])cc2[N+](=O)[O-])C1. The molecule has 1 unspecified atom stereocenters. The average molecular weight is 442 g/mol. The van der Waals surface area contributed by atoms with Gasteiger partial charge in [-0.3, -0.25) is 25.0 Å². The highest BCUT2D eigenvalue weighted by Crippen LogP contribution is 2.32. The van der Waals surface area contributed by atoms with Gasteiger partial charge < -0.3 is 15.0 Å². The van der Waals surface area contributed by atoms with E-state index < -0.39 is 28.3 Å². The molecule has 2 aromatic rings. The minimum Gasteiger partial charge on any atom is -0.452 e. The van der Waals surface area contributed by atoms with E-state index >= 15 is 0 Å². The molecule has 1 fully saturated rings. The molecular formula is C21H22N4O7. The number of hydrogen-bond donors (Lipinski definition) is 1. The summed E-state index contributed by atoms with van der Waals surface area (Å²) >= 11 is 0. The second kappa shape index (κ2) is 9.86. The Morgan fingerprint density at radius 1 is 1.12 bits per heavy atom. The Kier molecular flexibility index (Phi) is 6.98. The van der Waals surface area contributed by atoms with E-state index in [2.05, 4.69) is 12.2 Å². The standard InChI is InChI=1S/C21H22N4O7/c1-14-5-4-10-23(12-14)18-9-8-15(11-19(18)25(30)31)21(27)32-13-20(26)22-16-6-2-3-7-17(16)24(28)29/h2-3,6-9,11,14H,4-5,10,12-13H2,1H3,(H,22,26). The lowest BCUT2D eigenvalue weighted by molar-refractivity contribution is -0.384. The molecule has 1 heterocycles. The molecule has 168 valence electrons. The molecule has 0 radical (unpaired) electrons. The Labute approximate surface area is 183 Å². The van der Waals surface area contributed by atoms with Gasteiger partial charge in [0.1, 0.15) is 11.4 Å². The highest BCUT2D eigenvalue weighted by atomic mass is 16.6. The van der Waals surface area contributed by atoms with Crippen LogP contribution < -0.4 is 10.2 Å². The van der Waals surface area contributed by atoms with Crippen LogP contribution in [0.4, 0.5) is 22.7 Å². The minimum absolute atomic E-state index is 0.0331. The zero-order chi connectivity index (χ0) is 23.3. The number of piperidine rings is 1. The van der Waals surface area contributed by atoms with Crippen LogP contribution in [-0.4, -0.2) is 41.4 Å². The van der Waals surface area contributed by atoms with Gasteiger partial charge in [-0.05, 0) is 37.0 Å². The number of nitro groups is 2. The van der Waals surface area contributed by atoms with Crippen molar-refractivity contribution < 1.29 is 24.2 Å². The van der Waals surface area contributed by atoms with Crippen LogP contribution in [0.25, 0.3) is 0 Å². The number of amides is 1. The normalized spacial score (nSPS) is 15.7. The van der Waals surface area contributed by atoms with Crippen molar-refractivity contribution in [3.8, 4) is 0 Å². The van der Waals surface area contributed by atoms with Gasteiger partial charge in [-0.2, -0.15) is 0 Å². The molecule has 11 heteroatoms. The van der Waals surface area contributed by atoms with E-state index in [0.29, 0.717) is 24.7 Å². The van der Waals surface area contributed by atoms with Gasteiger partial charge >= 0.3 is 5.97 Å². The molecule has 1 N–H and O–H groups in total. The summed E-state index contributed by atoms with van der Waals surface area (Å²) in [7, 11) is 0. The molecule has 0 bridgehead atoms. The molecule has 1 aliphatic heterocycles. The summed E-state index contributed by atoms with van der Waals surface area (Å²) in [6.07, 6.45) is 1.99. The van der Waals surface area contributed by atoms with E-state index in [9.17, 15) is 29.8 Å². The highest BCUT2D eigenvalue weighted by molar-refractivity contribution is 5.97. The maximum atomic E-state index is 12.3. The topological polar surface area (TPSA) is 145 Å². The smallest absolute Gasteiger partial charge is 0.338 e. The fraction of sp³-hybridized carbons (Fsp3) is 0.333. The van der Waals surface area contributed by atoms with Crippen LogP contribution in [0.5, 0.6) is 0 Å². The van der Waals surface area contributed by atoms with Crippen LogP contribution in [0.1, 0.15) is 30.1 Å². The second-order valence-electron chi connectivity index (χ2n) is 7.55. The molecule has 2 aromatic carbocycles. The highest BCUT2D eigenvalue weighted by Gasteiger charge is 2.26. The molecule has 11 nitrogen and oxygen atoms in total. The van der Waals surface area contributed by atoms with Gasteiger partial charge in [0.25, 0.3) is 17.3 Å². The number of nitrogens with one attached hydrogen (secondary N) is 1. The van der Waals surface area contributed by atoms with Gasteiger partial charge in [-0.1, -0.05) is 19.1 Å². The maximum Gasteiger partial charge on any atom is 0.338 e. The number of para-hydroxylation sites is 2. The lowest BCUT2D eigenvalue weighted by atomic mass is 9.99. The van der Waals surface area contributed by atoms with Gasteiger partial charge in [0.15, 0.2) is 6.61 Å². The van der Waals surface area contributed by atoms with Crippen LogP contribution in [0.2, 0.25) is 0 Å². The lowest BCUT2D eigenvalue weighted by Crippen LogP contribution is -2.34. The van der Waals surface area contributed by atoms with Crippen LogP contribution in [0.3, 0.4) is 0 Å². The molecule has 1 amide bonds. The first-order valence-electron chi connectivity index (χ1n) is 10.00. The number of carbonyl (C=O) groups is 2. The Bertz CT molecular complexity index is 1060. The Morgan fingerprint density at radius 3 is 2.53 bits per heavy atom. The van der Waals surface area contributed by atoms with Crippen molar-refractivity contribution in [2.75, 3.05) is 29.9 Å². The Morgan fingerprint density at radius 2 is 1.84 bits per heavy atom. The predicted octanol–water partition coefficient (Wildman–Crippen LogP) is 3.53. The van der Waals surface area contributed by atoms with E-state index in [-0.39, 0.29) is 22.6 Å². The summed E-state index contributed by atoms with van der Waals surface area (Å²) in [5, 5.41) is 24.9. The van der Waals surface area contributed by atoms with E-state index in [4.69, 9.17) is 4.74 Å². The molecule has 3 rings (SSSR count). The molecule has 1 atom stereocenters. The number of nitro benzene ring substituents is 2. The van der Waals surface area contributed by atoms with Gasteiger partial charge in [0.2, 0.25) is 0 Å². The van der Waals surface area contributed by atoms with Crippen LogP contribution >= 0.6 is 0 Å². The summed E-state index contributed by atoms with van der Waals surface area (Å²) in [6.45, 7) is 2.76. The van der Waals surface area contributed by atoms with Crippen molar-refractivity contribution in [1.29, 1.82) is 0 Å². The monoisotopic (exact) mass is 442 g/mol. The number of carbonyl (C=O) groups excluding carboxylic acids is 2. The van der Waals surface area contributed by atoms with Gasteiger partial charge in [0.05, 0.1) is 15.4 Å². The van der Waals surface area contributed by atoms with E-state index in [1.807, 2.05) is 4.90 Å². The van der Waals surface area contributed by atoms with Crippen LogP contribution in [0.15, 0.2) is 42.5 Å². The van der Waals surface area contributed by atoms with Crippen molar-refractivity contribution in [1.82, 2.24) is 0 Å². The first kappa shape index (κ1) is 22.7. The zero-order valence-corrected chi connectivity index (χ0v) is 17.4. The van der Waals surface area contributed by atoms with Gasteiger partial charge in [-0.25, -0.2) is 4.79 Å². The van der Waals surface area contributed by atoms with E-state index in [0.717, 1.165) is 18.9 Å². The van der Waals surface area contributed by atoms with Crippen molar-refractivity contribution >= 4 is 34.6 Å². The Balaban J connectivity index is 1.67. The first-order chi connectivity index (χ1) is 15.3. The minimum atomic E-state index is -0.913. The molecule has 1 saturated heterocycles. The predicted molar refractivity (Wildman–Crippen MR) is 116 cm³/mol. The number of benzene rings is 2. The first-order valence-corrected chi connectivity index (χ1v) is 10.00. The van der Waals surface area contributed by atoms with Crippen molar-refractivity contribution in [2.24, 2.45) is 5.92 Å². The van der Waals surface area contributed by atoms with Crippen LogP contribution in [0, 0.1) is 26.1 Å². The quantitative estimate of drug-likeness (QED) is 0.389. The molecular weight excluding hydrogens is 420 g/mol. The molecule has 1 aliphatic rings. The van der Waals surface area contributed by atoms with Crippen LogP contribution in [-0.2, 0) is 9.53 Å². The zero-order valence-electron chi connectivity index (χ0n) is 17.4. The summed E-state index contributed by atoms with van der Waals surface area (Å²) < 4.78 is 4.94. The number of rotatable bonds is 7. The summed E-state index contributed by atoms with van der Waals surface area (Å²) in [5.74, 6) is -1.28. The largest absolute Gasteiger partial charge is 0.452 e. The number of ether oxygens (including phenoxy) is 1. The third-order valence-electron chi connectivity index (χ3n) is 5.11. The average Bonchev–Trinajstić information content (AvgIpc) is 2.77. The van der Waals surface area contributed by atoms with Crippen molar-refractivity contribution in [3.05, 3.63) is 68.3 Å². The van der Waals surface area contributed by atoms with E-state index in [1.165, 1.54) is 36.4 Å². The Hall–Kier alpha value is -4.02. The second-order valence-corrected chi connectivity index (χ2v) is 7.55. The third-order valence-corrected chi connectivity index (χ3v) is 5.11. The number of anilines is 2. The lowest BCUT2D eigenvalue weighted by Gasteiger charge is -2.32. The summed E-state index contributed by atoms with van der Waals surface area (Å²) in [6, 6.07) is 9.61. The number of nitrogens with zero attached hydrogens (tertiary/aromatic N) is 3. The fourth-order valence-electron chi connectivity index (χ4n) is 3.61. The molecule has 0 aromatic heterocycles. The third kappa shape index (κ3) is 5.36. The van der Waals surface area contributed by atoms with Gasteiger partial charge in [0, 0.05) is 25.2 Å². The number of esters is 1. The van der Waals surface area contributed by atoms with Gasteiger partial charge in [-0.15, -0.1) is 0 Å². The van der Waals surface area contributed by atoms with Crippen molar-refractivity contribution in [2.45, 2.75) is 19.8 Å². The fourth-order valence-corrected chi connectivity index (χ4v) is 3.61. The summed E-state index contributed by atoms with van der Waals surface area (Å²) in [5.41, 5.74) is -0.172. The molecule has 0 spiro atoms. The summed E-state index contributed by atoms with van der Waals surface area (Å²) in [4.78, 5) is 47.7. The molecule has 32 heavy (non-hydrogen) atoms. The number of hydrogen-bond acceptors (Lipinski definition) is 8. The van der Waals surface area contributed by atoms with E-state index in [1.54, 1.807) is 0 Å².